The lowest BCUT2D eigenvalue weighted by Crippen LogP contribution is -2.37. The average Bonchev–Trinajstić information content (AvgIpc) is 3.05. The zero-order chi connectivity index (χ0) is 30.4. The van der Waals surface area contributed by atoms with E-state index in [1.807, 2.05) is 24.3 Å². The number of ether oxygens (including phenoxy) is 8. The number of benzene rings is 2. The quantitative estimate of drug-likeness (QED) is 0.479. The zero-order valence-corrected chi connectivity index (χ0v) is 26.5. The molecule has 10 nitrogen and oxygen atoms in total. The van der Waals surface area contributed by atoms with E-state index in [1.165, 1.54) is 11.1 Å². The SMILES string of the molecule is COc1ccc2c(c1)OCCC2CN1CCOCCOCCN(CC2CCOc3cc(OC)ccc32)CCOCCOCC1. The predicted molar refractivity (Wildman–Crippen MR) is 168 cm³/mol. The molecule has 2 aromatic rings. The highest BCUT2D eigenvalue weighted by molar-refractivity contribution is 5.45. The maximum atomic E-state index is 6.00. The van der Waals surface area contributed by atoms with E-state index < -0.39 is 0 Å². The molecule has 0 N–H and O–H groups in total. The molecule has 0 aromatic heterocycles. The van der Waals surface area contributed by atoms with E-state index in [1.54, 1.807) is 14.2 Å². The van der Waals surface area contributed by atoms with Gasteiger partial charge in [0.25, 0.3) is 0 Å². The first-order valence-corrected chi connectivity index (χ1v) is 16.1. The molecule has 2 aromatic carbocycles. The summed E-state index contributed by atoms with van der Waals surface area (Å²) in [5, 5.41) is 0. The van der Waals surface area contributed by atoms with Crippen molar-refractivity contribution in [1.29, 1.82) is 0 Å². The van der Waals surface area contributed by atoms with E-state index in [4.69, 9.17) is 37.9 Å². The van der Waals surface area contributed by atoms with Crippen LogP contribution in [0.3, 0.4) is 0 Å². The van der Waals surface area contributed by atoms with Gasteiger partial charge in [0.2, 0.25) is 0 Å². The number of fused-ring (bicyclic) bond motifs is 2. The van der Waals surface area contributed by atoms with Crippen LogP contribution >= 0.6 is 0 Å². The Balaban J connectivity index is 1.10. The van der Waals surface area contributed by atoms with E-state index in [0.717, 1.165) is 88.3 Å². The number of hydrogen-bond donors (Lipinski definition) is 0. The molecule has 44 heavy (non-hydrogen) atoms. The van der Waals surface area contributed by atoms with Crippen molar-refractivity contribution in [1.82, 2.24) is 9.80 Å². The van der Waals surface area contributed by atoms with Crippen LogP contribution in [-0.4, -0.2) is 129 Å². The summed E-state index contributed by atoms with van der Waals surface area (Å²) in [6.07, 6.45) is 1.98. The van der Waals surface area contributed by atoms with Gasteiger partial charge in [-0.25, -0.2) is 0 Å². The molecule has 0 spiro atoms. The Hall–Kier alpha value is -2.60. The van der Waals surface area contributed by atoms with Gasteiger partial charge in [0.1, 0.15) is 23.0 Å². The second-order valence-electron chi connectivity index (χ2n) is 11.5. The molecule has 0 amide bonds. The monoisotopic (exact) mass is 614 g/mol. The molecule has 0 bridgehead atoms. The number of rotatable bonds is 6. The van der Waals surface area contributed by atoms with E-state index in [0.29, 0.717) is 64.7 Å². The van der Waals surface area contributed by atoms with Gasteiger partial charge in [-0.2, -0.15) is 0 Å². The molecule has 5 rings (SSSR count). The van der Waals surface area contributed by atoms with Crippen LogP contribution in [0.4, 0.5) is 0 Å². The maximum Gasteiger partial charge on any atom is 0.126 e. The van der Waals surface area contributed by atoms with Crippen molar-refractivity contribution < 1.29 is 37.9 Å². The Labute approximate surface area is 262 Å². The normalized spacial score (nSPS) is 23.6. The Morgan fingerprint density at radius 3 is 1.30 bits per heavy atom. The minimum absolute atomic E-state index is 0.398. The van der Waals surface area contributed by atoms with Crippen molar-refractivity contribution in [3.63, 3.8) is 0 Å². The lowest BCUT2D eigenvalue weighted by Gasteiger charge is -2.32. The summed E-state index contributed by atoms with van der Waals surface area (Å²) in [6.45, 7) is 11.6. The lowest BCUT2D eigenvalue weighted by molar-refractivity contribution is 0.00600. The van der Waals surface area contributed by atoms with Crippen molar-refractivity contribution in [3.05, 3.63) is 47.5 Å². The van der Waals surface area contributed by atoms with Crippen LogP contribution in [0.1, 0.15) is 35.8 Å². The van der Waals surface area contributed by atoms with Crippen molar-refractivity contribution in [3.8, 4) is 23.0 Å². The van der Waals surface area contributed by atoms with Crippen molar-refractivity contribution >= 4 is 0 Å². The van der Waals surface area contributed by atoms with Crippen LogP contribution in [0.5, 0.6) is 23.0 Å². The molecule has 0 saturated carbocycles. The first kappa shape index (κ1) is 32.8. The number of hydrogen-bond acceptors (Lipinski definition) is 10. The van der Waals surface area contributed by atoms with Gasteiger partial charge in [0.05, 0.1) is 80.3 Å². The van der Waals surface area contributed by atoms with Crippen LogP contribution < -0.4 is 18.9 Å². The summed E-state index contributed by atoms with van der Waals surface area (Å²) < 4.78 is 46.7. The molecule has 2 unspecified atom stereocenters. The second kappa shape index (κ2) is 17.8. The topological polar surface area (TPSA) is 80.3 Å². The fourth-order valence-electron chi connectivity index (χ4n) is 6.15. The third kappa shape index (κ3) is 9.70. The third-order valence-electron chi connectivity index (χ3n) is 8.68. The Morgan fingerprint density at radius 1 is 0.545 bits per heavy atom. The van der Waals surface area contributed by atoms with Gasteiger partial charge in [-0.15, -0.1) is 0 Å². The molecule has 3 heterocycles. The van der Waals surface area contributed by atoms with Gasteiger partial charge in [0, 0.05) is 63.2 Å². The molecular formula is C34H50N2O8. The summed E-state index contributed by atoms with van der Waals surface area (Å²) in [5.41, 5.74) is 2.49. The molecule has 0 aliphatic carbocycles. The summed E-state index contributed by atoms with van der Waals surface area (Å²) in [6, 6.07) is 12.3. The smallest absolute Gasteiger partial charge is 0.126 e. The molecule has 1 fully saturated rings. The molecular weight excluding hydrogens is 564 g/mol. The van der Waals surface area contributed by atoms with Crippen molar-refractivity contribution in [2.45, 2.75) is 24.7 Å². The molecule has 244 valence electrons. The average molecular weight is 615 g/mol. The zero-order valence-electron chi connectivity index (χ0n) is 26.5. The molecule has 3 aliphatic heterocycles. The summed E-state index contributed by atoms with van der Waals surface area (Å²) in [5.74, 6) is 4.31. The standard InChI is InChI=1S/C34H50N2O8/c1-37-29-3-5-31-27(7-13-43-33(31)23-29)25-35-9-15-39-19-21-41-17-11-36(12-18-42-22-20-40-16-10-35)26-28-8-14-44-34-24-30(38-2)4-6-32(28)34/h3-6,23-24,27-28H,7-22,25-26H2,1-2H3. The molecule has 3 aliphatic rings. The van der Waals surface area contributed by atoms with E-state index in [2.05, 4.69) is 21.9 Å². The maximum absolute atomic E-state index is 6.00. The summed E-state index contributed by atoms with van der Waals surface area (Å²) in [4.78, 5) is 4.88. The van der Waals surface area contributed by atoms with Crippen molar-refractivity contribution in [2.75, 3.05) is 120 Å². The number of nitrogens with zero attached hydrogens (tertiary/aromatic N) is 2. The van der Waals surface area contributed by atoms with Gasteiger partial charge >= 0.3 is 0 Å². The Bertz CT molecular complexity index is 1030. The lowest BCUT2D eigenvalue weighted by atomic mass is 9.92. The van der Waals surface area contributed by atoms with Crippen LogP contribution in [0.2, 0.25) is 0 Å². The van der Waals surface area contributed by atoms with Crippen LogP contribution in [0, 0.1) is 0 Å². The van der Waals surface area contributed by atoms with Gasteiger partial charge in [-0.1, -0.05) is 12.1 Å². The van der Waals surface area contributed by atoms with Gasteiger partial charge < -0.3 is 37.9 Å². The summed E-state index contributed by atoms with van der Waals surface area (Å²) in [7, 11) is 3.37. The summed E-state index contributed by atoms with van der Waals surface area (Å²) >= 11 is 0. The van der Waals surface area contributed by atoms with E-state index in [9.17, 15) is 0 Å². The van der Waals surface area contributed by atoms with Gasteiger partial charge in [0.15, 0.2) is 0 Å². The minimum Gasteiger partial charge on any atom is -0.497 e. The van der Waals surface area contributed by atoms with Crippen molar-refractivity contribution in [2.24, 2.45) is 0 Å². The van der Waals surface area contributed by atoms with Crippen LogP contribution in [0.15, 0.2) is 36.4 Å². The second-order valence-corrected chi connectivity index (χ2v) is 11.5. The Kier molecular flexibility index (Phi) is 13.2. The predicted octanol–water partition coefficient (Wildman–Crippen LogP) is 3.82. The molecule has 2 atom stereocenters. The Morgan fingerprint density at radius 2 is 0.932 bits per heavy atom. The largest absolute Gasteiger partial charge is 0.497 e. The fourth-order valence-corrected chi connectivity index (χ4v) is 6.15. The highest BCUT2D eigenvalue weighted by Gasteiger charge is 2.26. The highest BCUT2D eigenvalue weighted by atomic mass is 16.5. The highest BCUT2D eigenvalue weighted by Crippen LogP contribution is 2.37. The fraction of sp³-hybridized carbons (Fsp3) is 0.647. The minimum atomic E-state index is 0.398. The molecule has 10 heteroatoms. The molecule has 1 saturated heterocycles. The molecule has 0 radical (unpaired) electrons. The van der Waals surface area contributed by atoms with E-state index in [-0.39, 0.29) is 0 Å². The first-order valence-electron chi connectivity index (χ1n) is 16.1. The van der Waals surface area contributed by atoms with Crippen LogP contribution in [-0.2, 0) is 18.9 Å². The van der Waals surface area contributed by atoms with Gasteiger partial charge in [-0.05, 0) is 36.1 Å². The first-order chi connectivity index (χ1) is 21.7. The van der Waals surface area contributed by atoms with Gasteiger partial charge in [-0.3, -0.25) is 9.80 Å². The number of methoxy groups -OCH3 is 2. The van der Waals surface area contributed by atoms with Crippen LogP contribution in [0.25, 0.3) is 0 Å². The van der Waals surface area contributed by atoms with E-state index >= 15 is 0 Å². The third-order valence-corrected chi connectivity index (χ3v) is 8.68.